The number of benzene rings is 2. The molecule has 1 amide bonds. The Morgan fingerprint density at radius 1 is 1.26 bits per heavy atom. The van der Waals surface area contributed by atoms with Crippen molar-refractivity contribution < 1.29 is 18.7 Å². The fourth-order valence-corrected chi connectivity index (χ4v) is 1.91. The fourth-order valence-electron chi connectivity index (χ4n) is 1.91. The van der Waals surface area contributed by atoms with Gasteiger partial charge in [0.25, 0.3) is 5.91 Å². The van der Waals surface area contributed by atoms with Gasteiger partial charge < -0.3 is 9.47 Å². The summed E-state index contributed by atoms with van der Waals surface area (Å²) in [5.74, 6) is -0.0139. The van der Waals surface area contributed by atoms with Gasteiger partial charge in [-0.3, -0.25) is 4.79 Å². The van der Waals surface area contributed by atoms with Crippen LogP contribution in [0.5, 0.6) is 11.5 Å². The molecule has 120 valence electrons. The molecule has 2 aromatic carbocycles. The zero-order chi connectivity index (χ0) is 16.7. The van der Waals surface area contributed by atoms with Gasteiger partial charge in [0.2, 0.25) is 0 Å². The minimum atomic E-state index is -0.613. The lowest BCUT2D eigenvalue weighted by Gasteiger charge is -2.09. The molecule has 0 fully saturated rings. The molecule has 23 heavy (non-hydrogen) atoms. The summed E-state index contributed by atoms with van der Waals surface area (Å²) in [5, 5.41) is 3.83. The maximum Gasteiger partial charge on any atom is 0.274 e. The molecule has 0 spiro atoms. The number of amides is 1. The number of carbonyl (C=O) groups excluding carboxylic acids is 1. The lowest BCUT2D eigenvalue weighted by molar-refractivity contribution is 0.0951. The SMILES string of the molecule is CCOc1cc(/C=N\NC(=O)c2ccccc2F)ccc1OC. The number of halogens is 1. The van der Waals surface area contributed by atoms with E-state index in [1.807, 2.05) is 6.92 Å². The number of rotatable bonds is 6. The van der Waals surface area contributed by atoms with Gasteiger partial charge >= 0.3 is 0 Å². The molecule has 5 nitrogen and oxygen atoms in total. The van der Waals surface area contributed by atoms with Crippen LogP contribution in [-0.2, 0) is 0 Å². The zero-order valence-electron chi connectivity index (χ0n) is 12.9. The van der Waals surface area contributed by atoms with Gasteiger partial charge in [-0.15, -0.1) is 0 Å². The fraction of sp³-hybridized carbons (Fsp3) is 0.176. The largest absolute Gasteiger partial charge is 0.493 e. The van der Waals surface area contributed by atoms with E-state index >= 15 is 0 Å². The number of hydrazone groups is 1. The van der Waals surface area contributed by atoms with E-state index in [2.05, 4.69) is 10.5 Å². The molecule has 2 aromatic rings. The van der Waals surface area contributed by atoms with Crippen molar-refractivity contribution in [2.45, 2.75) is 6.92 Å². The summed E-state index contributed by atoms with van der Waals surface area (Å²) >= 11 is 0. The van der Waals surface area contributed by atoms with Crippen LogP contribution in [0.3, 0.4) is 0 Å². The van der Waals surface area contributed by atoms with Gasteiger partial charge in [-0.2, -0.15) is 5.10 Å². The molecule has 0 aromatic heterocycles. The van der Waals surface area contributed by atoms with E-state index in [1.54, 1.807) is 31.4 Å². The highest BCUT2D eigenvalue weighted by Gasteiger charge is 2.09. The van der Waals surface area contributed by atoms with E-state index in [4.69, 9.17) is 9.47 Å². The molecule has 0 aliphatic rings. The van der Waals surface area contributed by atoms with Crippen molar-refractivity contribution in [3.63, 3.8) is 0 Å². The molecule has 0 bridgehead atoms. The van der Waals surface area contributed by atoms with Crippen molar-refractivity contribution in [1.29, 1.82) is 0 Å². The van der Waals surface area contributed by atoms with Gasteiger partial charge in [0.15, 0.2) is 11.5 Å². The Morgan fingerprint density at radius 3 is 2.74 bits per heavy atom. The number of ether oxygens (including phenoxy) is 2. The first-order chi connectivity index (χ1) is 11.2. The predicted molar refractivity (Wildman–Crippen MR) is 85.6 cm³/mol. The van der Waals surface area contributed by atoms with Gasteiger partial charge in [-0.1, -0.05) is 12.1 Å². The predicted octanol–water partition coefficient (Wildman–Crippen LogP) is 3.00. The maximum atomic E-state index is 13.5. The molecule has 2 rings (SSSR count). The first kappa shape index (κ1) is 16.5. The van der Waals surface area contributed by atoms with E-state index in [1.165, 1.54) is 24.4 Å². The Labute approximate surface area is 133 Å². The molecule has 6 heteroatoms. The Bertz CT molecular complexity index is 717. The van der Waals surface area contributed by atoms with Crippen LogP contribution in [0.4, 0.5) is 4.39 Å². The zero-order valence-corrected chi connectivity index (χ0v) is 12.9. The van der Waals surface area contributed by atoms with E-state index < -0.39 is 11.7 Å². The third kappa shape index (κ3) is 4.29. The number of hydrogen-bond donors (Lipinski definition) is 1. The van der Waals surface area contributed by atoms with Crippen molar-refractivity contribution in [1.82, 2.24) is 5.43 Å². The molecule has 0 aliphatic heterocycles. The van der Waals surface area contributed by atoms with E-state index in [9.17, 15) is 9.18 Å². The lowest BCUT2D eigenvalue weighted by atomic mass is 10.2. The van der Waals surface area contributed by atoms with Crippen LogP contribution in [0.2, 0.25) is 0 Å². The number of hydrogen-bond acceptors (Lipinski definition) is 4. The second-order valence-corrected chi connectivity index (χ2v) is 4.52. The van der Waals surface area contributed by atoms with Crippen LogP contribution in [0.1, 0.15) is 22.8 Å². The minimum Gasteiger partial charge on any atom is -0.493 e. The highest BCUT2D eigenvalue weighted by atomic mass is 19.1. The molecular formula is C17H17FN2O3. The monoisotopic (exact) mass is 316 g/mol. The highest BCUT2D eigenvalue weighted by molar-refractivity contribution is 5.95. The summed E-state index contributed by atoms with van der Waals surface area (Å²) < 4.78 is 24.1. The molecule has 0 saturated carbocycles. The second kappa shape index (κ2) is 7.93. The first-order valence-corrected chi connectivity index (χ1v) is 7.04. The van der Waals surface area contributed by atoms with Crippen LogP contribution in [0, 0.1) is 5.82 Å². The molecule has 0 radical (unpaired) electrons. The van der Waals surface area contributed by atoms with Gasteiger partial charge in [-0.25, -0.2) is 9.82 Å². The van der Waals surface area contributed by atoms with Gasteiger partial charge in [0, 0.05) is 0 Å². The van der Waals surface area contributed by atoms with Crippen LogP contribution in [0.25, 0.3) is 0 Å². The molecule has 0 saturated heterocycles. The van der Waals surface area contributed by atoms with Crippen LogP contribution in [0.15, 0.2) is 47.6 Å². The third-order valence-electron chi connectivity index (χ3n) is 2.99. The molecule has 0 heterocycles. The summed E-state index contributed by atoms with van der Waals surface area (Å²) in [4.78, 5) is 11.8. The van der Waals surface area contributed by atoms with Crippen LogP contribution < -0.4 is 14.9 Å². The Hall–Kier alpha value is -2.89. The van der Waals surface area contributed by atoms with Crippen molar-refractivity contribution in [2.24, 2.45) is 5.10 Å². The molecule has 0 atom stereocenters. The first-order valence-electron chi connectivity index (χ1n) is 7.04. The number of carbonyl (C=O) groups is 1. The number of nitrogens with zero attached hydrogens (tertiary/aromatic N) is 1. The van der Waals surface area contributed by atoms with Crippen LogP contribution >= 0.6 is 0 Å². The van der Waals surface area contributed by atoms with E-state index in [0.29, 0.717) is 23.7 Å². The lowest BCUT2D eigenvalue weighted by Crippen LogP contribution is -2.18. The van der Waals surface area contributed by atoms with Crippen molar-refractivity contribution in [2.75, 3.05) is 13.7 Å². The van der Waals surface area contributed by atoms with Crippen molar-refractivity contribution in [3.8, 4) is 11.5 Å². The molecule has 1 N–H and O–H groups in total. The third-order valence-corrected chi connectivity index (χ3v) is 2.99. The van der Waals surface area contributed by atoms with Gasteiger partial charge in [-0.05, 0) is 42.8 Å². The Morgan fingerprint density at radius 2 is 2.04 bits per heavy atom. The second-order valence-electron chi connectivity index (χ2n) is 4.52. The van der Waals surface area contributed by atoms with Gasteiger partial charge in [0.05, 0.1) is 25.5 Å². The van der Waals surface area contributed by atoms with E-state index in [-0.39, 0.29) is 5.56 Å². The van der Waals surface area contributed by atoms with Crippen molar-refractivity contribution >= 4 is 12.1 Å². The normalized spacial score (nSPS) is 10.6. The smallest absolute Gasteiger partial charge is 0.274 e. The van der Waals surface area contributed by atoms with E-state index in [0.717, 1.165) is 0 Å². The van der Waals surface area contributed by atoms with Crippen molar-refractivity contribution in [3.05, 3.63) is 59.4 Å². The molecule has 0 unspecified atom stereocenters. The molecular weight excluding hydrogens is 299 g/mol. The summed E-state index contributed by atoms with van der Waals surface area (Å²) in [6, 6.07) is 10.9. The Kier molecular flexibility index (Phi) is 5.68. The quantitative estimate of drug-likeness (QED) is 0.658. The summed E-state index contributed by atoms with van der Waals surface area (Å²) in [6.07, 6.45) is 1.45. The topological polar surface area (TPSA) is 59.9 Å². The van der Waals surface area contributed by atoms with Gasteiger partial charge in [0.1, 0.15) is 5.82 Å². The number of nitrogens with one attached hydrogen (secondary N) is 1. The highest BCUT2D eigenvalue weighted by Crippen LogP contribution is 2.27. The molecule has 0 aliphatic carbocycles. The average molecular weight is 316 g/mol. The summed E-state index contributed by atoms with van der Waals surface area (Å²) in [6.45, 7) is 2.37. The number of methoxy groups -OCH3 is 1. The summed E-state index contributed by atoms with van der Waals surface area (Å²) in [7, 11) is 1.56. The summed E-state index contributed by atoms with van der Waals surface area (Å²) in [5.41, 5.74) is 2.94. The maximum absolute atomic E-state index is 13.5. The minimum absolute atomic E-state index is 0.0608. The average Bonchev–Trinajstić information content (AvgIpc) is 2.56. The van der Waals surface area contributed by atoms with Crippen LogP contribution in [-0.4, -0.2) is 25.8 Å². The Balaban J connectivity index is 2.07. The standard InChI is InChI=1S/C17H17FN2O3/c1-3-23-16-10-12(8-9-15(16)22-2)11-19-20-17(21)13-6-4-5-7-14(13)18/h4-11H,3H2,1-2H3,(H,20,21)/b19-11-.